The molecule has 3 nitrogen and oxygen atoms in total. The molecule has 0 aliphatic carbocycles. The summed E-state index contributed by atoms with van der Waals surface area (Å²) in [6.45, 7) is 7.57. The number of hydrogen-bond acceptors (Lipinski definition) is 2. The Kier molecular flexibility index (Phi) is 5.74. The number of halogens is 1. The standard InChI is InChI=1S/C13H24N2O.ClH/c1-10(2)12-4-3-7-15(12)13(16)8-11-5-6-14-9-11;/h10-12,14H,3-9H2,1-2H3;1H. The Balaban J connectivity index is 0.00000144. The van der Waals surface area contributed by atoms with Gasteiger partial charge in [-0.3, -0.25) is 4.79 Å². The lowest BCUT2D eigenvalue weighted by Gasteiger charge is -2.28. The van der Waals surface area contributed by atoms with Crippen molar-refractivity contribution in [3.05, 3.63) is 0 Å². The highest BCUT2D eigenvalue weighted by Crippen LogP contribution is 2.26. The molecule has 0 bridgehead atoms. The van der Waals surface area contributed by atoms with Crippen molar-refractivity contribution in [3.63, 3.8) is 0 Å². The fourth-order valence-corrected chi connectivity index (χ4v) is 3.05. The third-order valence-electron chi connectivity index (χ3n) is 4.01. The minimum absolute atomic E-state index is 0. The molecule has 1 N–H and O–H groups in total. The van der Waals surface area contributed by atoms with Crippen LogP contribution >= 0.6 is 12.4 Å². The molecule has 0 radical (unpaired) electrons. The summed E-state index contributed by atoms with van der Waals surface area (Å²) in [5.41, 5.74) is 0. The molecule has 2 atom stereocenters. The van der Waals surface area contributed by atoms with Crippen molar-refractivity contribution in [2.45, 2.75) is 45.6 Å². The van der Waals surface area contributed by atoms with Gasteiger partial charge in [-0.2, -0.15) is 0 Å². The van der Waals surface area contributed by atoms with Crippen LogP contribution in [-0.4, -0.2) is 36.5 Å². The first-order chi connectivity index (χ1) is 7.68. The van der Waals surface area contributed by atoms with E-state index >= 15 is 0 Å². The lowest BCUT2D eigenvalue weighted by atomic mass is 10.00. The zero-order valence-electron chi connectivity index (χ0n) is 10.9. The second-order valence-electron chi connectivity index (χ2n) is 5.60. The molecule has 0 aromatic carbocycles. The van der Waals surface area contributed by atoms with Crippen LogP contribution < -0.4 is 5.32 Å². The van der Waals surface area contributed by atoms with Gasteiger partial charge in [0.2, 0.25) is 5.91 Å². The second-order valence-corrected chi connectivity index (χ2v) is 5.60. The quantitative estimate of drug-likeness (QED) is 0.843. The predicted molar refractivity (Wildman–Crippen MR) is 72.4 cm³/mol. The molecule has 2 aliphatic rings. The maximum atomic E-state index is 12.2. The highest BCUT2D eigenvalue weighted by Gasteiger charge is 2.32. The molecule has 0 saturated carbocycles. The summed E-state index contributed by atoms with van der Waals surface area (Å²) in [5, 5.41) is 3.33. The average Bonchev–Trinajstić information content (AvgIpc) is 2.86. The number of carbonyl (C=O) groups is 1. The number of hydrogen-bond donors (Lipinski definition) is 1. The van der Waals surface area contributed by atoms with Gasteiger partial charge >= 0.3 is 0 Å². The summed E-state index contributed by atoms with van der Waals surface area (Å²) >= 11 is 0. The zero-order valence-corrected chi connectivity index (χ0v) is 11.8. The van der Waals surface area contributed by atoms with Gasteiger partial charge in [0.05, 0.1) is 0 Å². The number of nitrogens with one attached hydrogen (secondary N) is 1. The van der Waals surface area contributed by atoms with E-state index in [1.54, 1.807) is 0 Å². The molecule has 0 spiro atoms. The van der Waals surface area contributed by atoms with Crippen LogP contribution in [-0.2, 0) is 4.79 Å². The molecule has 100 valence electrons. The van der Waals surface area contributed by atoms with Crippen molar-refractivity contribution >= 4 is 18.3 Å². The second kappa shape index (κ2) is 6.60. The zero-order chi connectivity index (χ0) is 11.5. The summed E-state index contributed by atoms with van der Waals surface area (Å²) in [7, 11) is 0. The Bertz CT molecular complexity index is 252. The fourth-order valence-electron chi connectivity index (χ4n) is 3.05. The van der Waals surface area contributed by atoms with E-state index in [4.69, 9.17) is 0 Å². The van der Waals surface area contributed by atoms with Crippen molar-refractivity contribution in [1.82, 2.24) is 10.2 Å². The summed E-state index contributed by atoms with van der Waals surface area (Å²) < 4.78 is 0. The molecular formula is C13H25ClN2O. The van der Waals surface area contributed by atoms with E-state index in [2.05, 4.69) is 24.1 Å². The number of rotatable bonds is 3. The number of likely N-dealkylation sites (tertiary alicyclic amines) is 1. The molecule has 1 amide bonds. The first-order valence-corrected chi connectivity index (χ1v) is 6.68. The highest BCUT2D eigenvalue weighted by atomic mass is 35.5. The van der Waals surface area contributed by atoms with Gasteiger partial charge < -0.3 is 10.2 Å². The van der Waals surface area contributed by atoms with Gasteiger partial charge in [-0.25, -0.2) is 0 Å². The smallest absolute Gasteiger partial charge is 0.223 e. The summed E-state index contributed by atoms with van der Waals surface area (Å²) in [6.07, 6.45) is 4.33. The van der Waals surface area contributed by atoms with E-state index in [-0.39, 0.29) is 12.4 Å². The topological polar surface area (TPSA) is 32.3 Å². The third kappa shape index (κ3) is 3.59. The van der Waals surface area contributed by atoms with Crippen LogP contribution in [0, 0.1) is 11.8 Å². The van der Waals surface area contributed by atoms with Gasteiger partial charge in [-0.05, 0) is 44.2 Å². The van der Waals surface area contributed by atoms with Gasteiger partial charge in [-0.1, -0.05) is 13.8 Å². The van der Waals surface area contributed by atoms with Gasteiger partial charge in [0, 0.05) is 19.0 Å². The van der Waals surface area contributed by atoms with E-state index < -0.39 is 0 Å². The molecule has 2 rings (SSSR count). The van der Waals surface area contributed by atoms with Crippen molar-refractivity contribution in [2.75, 3.05) is 19.6 Å². The summed E-state index contributed by atoms with van der Waals surface area (Å²) in [5.74, 6) is 1.58. The third-order valence-corrected chi connectivity index (χ3v) is 4.01. The van der Waals surface area contributed by atoms with Crippen LogP contribution in [0.5, 0.6) is 0 Å². The first-order valence-electron chi connectivity index (χ1n) is 6.68. The van der Waals surface area contributed by atoms with E-state index in [1.165, 1.54) is 19.3 Å². The van der Waals surface area contributed by atoms with E-state index in [0.29, 0.717) is 23.8 Å². The van der Waals surface area contributed by atoms with Gasteiger partial charge in [0.1, 0.15) is 0 Å². The molecule has 2 saturated heterocycles. The lowest BCUT2D eigenvalue weighted by molar-refractivity contribution is -0.133. The molecule has 2 unspecified atom stereocenters. The van der Waals surface area contributed by atoms with E-state index in [0.717, 1.165) is 26.1 Å². The maximum absolute atomic E-state index is 12.2. The van der Waals surface area contributed by atoms with Gasteiger partial charge in [-0.15, -0.1) is 12.4 Å². The summed E-state index contributed by atoms with van der Waals surface area (Å²) in [4.78, 5) is 14.4. The Morgan fingerprint density at radius 3 is 2.76 bits per heavy atom. The van der Waals surface area contributed by atoms with Crippen LogP contribution in [0.4, 0.5) is 0 Å². The molecule has 0 aromatic heterocycles. The molecule has 2 heterocycles. The molecule has 2 fully saturated rings. The van der Waals surface area contributed by atoms with Crippen molar-refractivity contribution in [3.8, 4) is 0 Å². The van der Waals surface area contributed by atoms with E-state index in [1.807, 2.05) is 0 Å². The van der Waals surface area contributed by atoms with E-state index in [9.17, 15) is 4.79 Å². The Morgan fingerprint density at radius 2 is 2.18 bits per heavy atom. The minimum Gasteiger partial charge on any atom is -0.339 e. The Hall–Kier alpha value is -0.280. The van der Waals surface area contributed by atoms with Gasteiger partial charge in [0.15, 0.2) is 0 Å². The first kappa shape index (κ1) is 14.8. The normalized spacial score (nSPS) is 28.5. The average molecular weight is 261 g/mol. The summed E-state index contributed by atoms with van der Waals surface area (Å²) in [6, 6.07) is 0.502. The SMILES string of the molecule is CC(C)C1CCCN1C(=O)CC1CCNC1.Cl. The van der Waals surface area contributed by atoms with Crippen LogP contribution in [0.15, 0.2) is 0 Å². The molecule has 2 aliphatic heterocycles. The maximum Gasteiger partial charge on any atom is 0.223 e. The van der Waals surface area contributed by atoms with Crippen LogP contribution in [0.1, 0.15) is 39.5 Å². The number of amides is 1. The number of carbonyl (C=O) groups excluding carboxylic acids is 1. The molecule has 17 heavy (non-hydrogen) atoms. The van der Waals surface area contributed by atoms with Crippen molar-refractivity contribution in [1.29, 1.82) is 0 Å². The minimum atomic E-state index is 0. The lowest BCUT2D eigenvalue weighted by Crippen LogP contribution is -2.39. The Morgan fingerprint density at radius 1 is 1.41 bits per heavy atom. The van der Waals surface area contributed by atoms with Gasteiger partial charge in [0.25, 0.3) is 0 Å². The van der Waals surface area contributed by atoms with Crippen LogP contribution in [0.3, 0.4) is 0 Å². The molecule has 4 heteroatoms. The highest BCUT2D eigenvalue weighted by molar-refractivity contribution is 5.85. The monoisotopic (exact) mass is 260 g/mol. The largest absolute Gasteiger partial charge is 0.339 e. The molecular weight excluding hydrogens is 236 g/mol. The van der Waals surface area contributed by atoms with Crippen LogP contribution in [0.2, 0.25) is 0 Å². The van der Waals surface area contributed by atoms with Crippen LogP contribution in [0.25, 0.3) is 0 Å². The van der Waals surface area contributed by atoms with Crippen molar-refractivity contribution < 1.29 is 4.79 Å². The fraction of sp³-hybridized carbons (Fsp3) is 0.923. The van der Waals surface area contributed by atoms with Crippen molar-refractivity contribution in [2.24, 2.45) is 11.8 Å². The Labute approximate surface area is 111 Å². The molecule has 0 aromatic rings. The number of nitrogens with zero attached hydrogens (tertiary/aromatic N) is 1. The predicted octanol–water partition coefficient (Wildman–Crippen LogP) is 2.05.